The second-order valence-electron chi connectivity index (χ2n) is 5.15. The molecule has 0 radical (unpaired) electrons. The maximum absolute atomic E-state index is 5.86. The fourth-order valence-electron chi connectivity index (χ4n) is 1.69. The van der Waals surface area contributed by atoms with E-state index in [0.717, 1.165) is 12.0 Å². The highest BCUT2D eigenvalue weighted by molar-refractivity contribution is 5.84. The minimum atomic E-state index is 0.179. The fourth-order valence-corrected chi connectivity index (χ4v) is 1.69. The van der Waals surface area contributed by atoms with Crippen LogP contribution in [0.2, 0.25) is 0 Å². The molecule has 0 saturated carbocycles. The molecule has 0 bridgehead atoms. The van der Waals surface area contributed by atoms with Crippen LogP contribution in [0.1, 0.15) is 40.3 Å². The molecule has 112 valence electrons. The van der Waals surface area contributed by atoms with Crippen molar-refractivity contribution in [2.75, 3.05) is 12.4 Å². The maximum Gasteiger partial charge on any atom is 0.0765 e. The number of aromatic nitrogens is 1. The van der Waals surface area contributed by atoms with Crippen LogP contribution in [0.15, 0.2) is 24.3 Å². The summed E-state index contributed by atoms with van der Waals surface area (Å²) in [6.45, 7) is 10.7. The number of hydrogen-bond acceptors (Lipinski definition) is 2. The van der Waals surface area contributed by atoms with Crippen molar-refractivity contribution >= 4 is 22.9 Å². The number of hydrogen-bond donors (Lipinski definition) is 4. The predicted molar refractivity (Wildman–Crippen MR) is 90.9 cm³/mol. The van der Waals surface area contributed by atoms with Gasteiger partial charge in [-0.2, -0.15) is 0 Å². The molecule has 0 unspecified atom stereocenters. The quantitative estimate of drug-likeness (QED) is 0.468. The molecule has 0 atom stereocenters. The second-order valence-corrected chi connectivity index (χ2v) is 5.15. The lowest BCUT2D eigenvalue weighted by Gasteiger charge is -2.15. The molecular formula is C16H28N4. The lowest BCUT2D eigenvalue weighted by molar-refractivity contribution is 0.574. The first-order valence-corrected chi connectivity index (χ1v) is 6.94. The molecule has 0 aliphatic heterocycles. The maximum atomic E-state index is 5.86. The summed E-state index contributed by atoms with van der Waals surface area (Å²) >= 11 is 0. The molecule has 1 aromatic carbocycles. The van der Waals surface area contributed by atoms with Crippen molar-refractivity contribution in [1.82, 2.24) is 4.98 Å². The molecule has 0 saturated heterocycles. The molecule has 0 aliphatic rings. The monoisotopic (exact) mass is 276 g/mol. The average molecular weight is 276 g/mol. The first kappa shape index (κ1) is 18.0. The number of fused-ring (bicyclic) bond motifs is 1. The first-order chi connectivity index (χ1) is 9.42. The Morgan fingerprint density at radius 1 is 1.20 bits per heavy atom. The predicted octanol–water partition coefficient (Wildman–Crippen LogP) is 4.09. The molecule has 0 spiro atoms. The third-order valence-electron chi connectivity index (χ3n) is 2.72. The summed E-state index contributed by atoms with van der Waals surface area (Å²) in [6, 6.07) is 8.61. The van der Waals surface area contributed by atoms with E-state index in [1.165, 1.54) is 16.6 Å². The number of nitrogens with two attached hydrogens (primary N) is 1. The van der Waals surface area contributed by atoms with Gasteiger partial charge in [0, 0.05) is 34.7 Å². The zero-order valence-electron chi connectivity index (χ0n) is 13.5. The summed E-state index contributed by atoms with van der Waals surface area (Å²) in [5, 5.41) is 10.3. The first-order valence-electron chi connectivity index (χ1n) is 6.94. The minimum Gasteiger partial charge on any atom is -0.390 e. The van der Waals surface area contributed by atoms with Gasteiger partial charge in [0.25, 0.3) is 0 Å². The van der Waals surface area contributed by atoms with Crippen molar-refractivity contribution in [1.29, 1.82) is 5.41 Å². The van der Waals surface area contributed by atoms with Crippen LogP contribution in [0.3, 0.4) is 0 Å². The van der Waals surface area contributed by atoms with Gasteiger partial charge in [0.05, 0.1) is 6.34 Å². The summed E-state index contributed by atoms with van der Waals surface area (Å²) in [4.78, 5) is 3.46. The van der Waals surface area contributed by atoms with Crippen molar-refractivity contribution < 1.29 is 0 Å². The Labute approximate surface area is 122 Å². The van der Waals surface area contributed by atoms with Gasteiger partial charge in [-0.15, -0.1) is 0 Å². The zero-order valence-corrected chi connectivity index (χ0v) is 13.5. The molecule has 4 heteroatoms. The second kappa shape index (κ2) is 8.25. The van der Waals surface area contributed by atoms with E-state index in [4.69, 9.17) is 5.41 Å². The summed E-state index contributed by atoms with van der Waals surface area (Å²) < 4.78 is 0. The van der Waals surface area contributed by atoms with E-state index in [-0.39, 0.29) is 5.41 Å². The topological polar surface area (TPSA) is 77.7 Å². The van der Waals surface area contributed by atoms with Crippen LogP contribution in [0.5, 0.6) is 0 Å². The Morgan fingerprint density at radius 3 is 2.20 bits per heavy atom. The van der Waals surface area contributed by atoms with Crippen molar-refractivity contribution in [3.05, 3.63) is 30.0 Å². The Bertz CT molecular complexity index is 521. The summed E-state index contributed by atoms with van der Waals surface area (Å²) in [7, 11) is 1.94. The fraction of sp³-hybridized carbons (Fsp3) is 0.438. The molecule has 1 aromatic heterocycles. The molecule has 0 aliphatic carbocycles. The summed E-state index contributed by atoms with van der Waals surface area (Å²) in [5.41, 5.74) is 8.21. The average Bonchev–Trinajstić information content (AvgIpc) is 2.84. The zero-order chi connectivity index (χ0) is 15.8. The Balaban J connectivity index is 0.000000641. The Morgan fingerprint density at radius 2 is 1.75 bits per heavy atom. The number of rotatable bonds is 1. The lowest BCUT2D eigenvalue weighted by Crippen LogP contribution is -2.10. The van der Waals surface area contributed by atoms with Gasteiger partial charge in [-0.25, -0.2) is 0 Å². The van der Waals surface area contributed by atoms with E-state index >= 15 is 0 Å². The van der Waals surface area contributed by atoms with Gasteiger partial charge in [0.1, 0.15) is 0 Å². The van der Waals surface area contributed by atoms with E-state index in [1.807, 2.05) is 20.9 Å². The Kier molecular flexibility index (Phi) is 7.44. The molecule has 4 nitrogen and oxygen atoms in total. The Hall–Kier alpha value is -1.97. The van der Waals surface area contributed by atoms with Crippen LogP contribution in [-0.2, 0) is 5.41 Å². The van der Waals surface area contributed by atoms with Crippen molar-refractivity contribution in [2.24, 2.45) is 5.73 Å². The highest BCUT2D eigenvalue weighted by atomic mass is 14.8. The highest BCUT2D eigenvalue weighted by Gasteiger charge is 2.15. The highest BCUT2D eigenvalue weighted by Crippen LogP contribution is 2.27. The van der Waals surface area contributed by atoms with E-state index in [1.54, 1.807) is 0 Å². The number of nitrogens with one attached hydrogen (secondary N) is 3. The van der Waals surface area contributed by atoms with Gasteiger partial charge in [-0.05, 0) is 24.3 Å². The van der Waals surface area contributed by atoms with E-state index in [0.29, 0.717) is 0 Å². The molecular weight excluding hydrogens is 248 g/mol. The molecule has 0 fully saturated rings. The van der Waals surface area contributed by atoms with Crippen LogP contribution in [0, 0.1) is 5.41 Å². The lowest BCUT2D eigenvalue weighted by atomic mass is 9.92. The third kappa shape index (κ3) is 4.96. The molecule has 2 rings (SSSR count). The van der Waals surface area contributed by atoms with Crippen LogP contribution >= 0.6 is 0 Å². The standard InChI is InChI=1S/C13H18N2.C2H6.CH4N2/c1-13(2,3)12-8-9-7-10(14-4)5-6-11(9)15-12;1-2;2-1-3/h5-8,14-15H,1-4H3;1-2H3;1H,(H3,2,3). The van der Waals surface area contributed by atoms with Gasteiger partial charge in [0.15, 0.2) is 0 Å². The van der Waals surface area contributed by atoms with E-state index in [2.05, 4.69) is 61.1 Å². The largest absolute Gasteiger partial charge is 0.390 e. The summed E-state index contributed by atoms with van der Waals surface area (Å²) in [6.07, 6.45) is 0.750. The van der Waals surface area contributed by atoms with Gasteiger partial charge >= 0.3 is 0 Å². The van der Waals surface area contributed by atoms with Crippen LogP contribution in [0.4, 0.5) is 5.69 Å². The van der Waals surface area contributed by atoms with E-state index < -0.39 is 0 Å². The van der Waals surface area contributed by atoms with Gasteiger partial charge in [-0.3, -0.25) is 5.41 Å². The number of benzene rings is 1. The normalized spacial score (nSPS) is 9.90. The molecule has 0 amide bonds. The number of H-pyrrole nitrogens is 1. The molecule has 20 heavy (non-hydrogen) atoms. The van der Waals surface area contributed by atoms with Gasteiger partial charge in [-0.1, -0.05) is 34.6 Å². The van der Waals surface area contributed by atoms with Crippen LogP contribution < -0.4 is 11.1 Å². The smallest absolute Gasteiger partial charge is 0.0765 e. The van der Waals surface area contributed by atoms with Crippen molar-refractivity contribution in [3.63, 3.8) is 0 Å². The third-order valence-corrected chi connectivity index (χ3v) is 2.72. The molecule has 2 aromatic rings. The SMILES string of the molecule is CC.CNc1ccc2[nH]c(C(C)(C)C)cc2c1.N=CN. The molecule has 1 heterocycles. The van der Waals surface area contributed by atoms with Crippen molar-refractivity contribution in [2.45, 2.75) is 40.0 Å². The molecule has 5 N–H and O–H groups in total. The number of anilines is 1. The summed E-state index contributed by atoms with van der Waals surface area (Å²) in [5.74, 6) is 0. The van der Waals surface area contributed by atoms with Crippen LogP contribution in [-0.4, -0.2) is 18.4 Å². The van der Waals surface area contributed by atoms with Crippen LogP contribution in [0.25, 0.3) is 10.9 Å². The van der Waals surface area contributed by atoms with Gasteiger partial charge < -0.3 is 16.0 Å². The van der Waals surface area contributed by atoms with Crippen molar-refractivity contribution in [3.8, 4) is 0 Å². The van der Waals surface area contributed by atoms with Gasteiger partial charge in [0.2, 0.25) is 0 Å². The number of aromatic amines is 1. The van der Waals surface area contributed by atoms with E-state index in [9.17, 15) is 0 Å². The minimum absolute atomic E-state index is 0.179.